The highest BCUT2D eigenvalue weighted by atomic mass is 19.1. The molecule has 5 nitrogen and oxygen atoms in total. The monoisotopic (exact) mass is 440 g/mol. The fourth-order valence-corrected chi connectivity index (χ4v) is 3.72. The Morgan fingerprint density at radius 1 is 0.909 bits per heavy atom. The van der Waals surface area contributed by atoms with Crippen LogP contribution in [0.4, 0.5) is 10.1 Å². The zero-order chi connectivity index (χ0) is 22.6. The summed E-state index contributed by atoms with van der Waals surface area (Å²) in [4.78, 5) is 13.1. The van der Waals surface area contributed by atoms with E-state index in [9.17, 15) is 9.18 Å². The predicted octanol–water partition coefficient (Wildman–Crippen LogP) is 6.25. The molecule has 164 valence electrons. The number of benzene rings is 3. The topological polar surface area (TPSA) is 56.4 Å². The van der Waals surface area contributed by atoms with Crippen LogP contribution < -0.4 is 10.1 Å². The van der Waals surface area contributed by atoms with Gasteiger partial charge < -0.3 is 19.0 Å². The quantitative estimate of drug-likeness (QED) is 0.325. The molecule has 3 aromatic carbocycles. The first kappa shape index (κ1) is 20.6. The Balaban J connectivity index is 1.31. The minimum absolute atomic E-state index is 0.282. The lowest BCUT2D eigenvalue weighted by atomic mass is 10.2. The van der Waals surface area contributed by atoms with Crippen LogP contribution in [0.5, 0.6) is 5.75 Å². The summed E-state index contributed by atoms with van der Waals surface area (Å²) in [7, 11) is 0. The van der Waals surface area contributed by atoms with Crippen molar-refractivity contribution in [2.24, 2.45) is 0 Å². The highest BCUT2D eigenvalue weighted by Gasteiger charge is 2.18. The van der Waals surface area contributed by atoms with Crippen LogP contribution in [-0.4, -0.2) is 10.5 Å². The molecule has 0 aliphatic heterocycles. The first-order chi connectivity index (χ1) is 16.2. The fourth-order valence-electron chi connectivity index (χ4n) is 3.72. The maximum absolute atomic E-state index is 13.7. The number of hydrogen-bond acceptors (Lipinski definition) is 3. The molecule has 0 aliphatic rings. The van der Waals surface area contributed by atoms with E-state index in [1.165, 1.54) is 12.1 Å². The van der Waals surface area contributed by atoms with Crippen LogP contribution in [-0.2, 0) is 13.2 Å². The zero-order valence-corrected chi connectivity index (χ0v) is 17.7. The number of rotatable bonds is 7. The molecule has 5 rings (SSSR count). The summed E-state index contributed by atoms with van der Waals surface area (Å²) < 4.78 is 26.8. The van der Waals surface area contributed by atoms with Crippen LogP contribution in [0.15, 0.2) is 102 Å². The molecule has 0 fully saturated rings. The van der Waals surface area contributed by atoms with Gasteiger partial charge in [-0.3, -0.25) is 4.79 Å². The molecule has 6 heteroatoms. The fraction of sp³-hybridized carbons (Fsp3) is 0.0741. The second-order valence-corrected chi connectivity index (χ2v) is 7.67. The minimum atomic E-state index is -0.316. The van der Waals surface area contributed by atoms with E-state index in [-0.39, 0.29) is 11.7 Å². The summed E-state index contributed by atoms with van der Waals surface area (Å²) in [6.45, 7) is 0.815. The lowest BCUT2D eigenvalue weighted by Gasteiger charge is -2.12. The number of hydrogen-bond donors (Lipinski definition) is 1. The maximum Gasteiger partial charge on any atom is 0.272 e. The third-order valence-electron chi connectivity index (χ3n) is 5.35. The molecule has 2 heterocycles. The molecule has 0 bridgehead atoms. The van der Waals surface area contributed by atoms with Gasteiger partial charge in [0.15, 0.2) is 5.58 Å². The normalized spacial score (nSPS) is 10.9. The van der Waals surface area contributed by atoms with E-state index in [2.05, 4.69) is 5.32 Å². The van der Waals surface area contributed by atoms with Crippen molar-refractivity contribution in [3.63, 3.8) is 0 Å². The third kappa shape index (κ3) is 4.65. The van der Waals surface area contributed by atoms with E-state index in [0.717, 1.165) is 16.6 Å². The lowest BCUT2D eigenvalue weighted by molar-refractivity contribution is 0.101. The van der Waals surface area contributed by atoms with Gasteiger partial charge in [0.25, 0.3) is 5.91 Å². The van der Waals surface area contributed by atoms with Crippen molar-refractivity contribution >= 4 is 22.7 Å². The van der Waals surface area contributed by atoms with Gasteiger partial charge in [0, 0.05) is 24.4 Å². The molecule has 1 N–H and O–H groups in total. The van der Waals surface area contributed by atoms with Crippen molar-refractivity contribution in [1.29, 1.82) is 0 Å². The summed E-state index contributed by atoms with van der Waals surface area (Å²) in [5, 5.41) is 2.92. The van der Waals surface area contributed by atoms with E-state index in [1.807, 2.05) is 53.1 Å². The molecule has 2 aromatic heterocycles. The molecule has 1 amide bonds. The van der Waals surface area contributed by atoms with E-state index >= 15 is 0 Å². The molecule has 0 saturated carbocycles. The van der Waals surface area contributed by atoms with E-state index in [4.69, 9.17) is 9.15 Å². The summed E-state index contributed by atoms with van der Waals surface area (Å²) in [5.74, 6) is 0.114. The van der Waals surface area contributed by atoms with Crippen molar-refractivity contribution in [3.8, 4) is 5.75 Å². The van der Waals surface area contributed by atoms with Crippen LogP contribution in [0.1, 0.15) is 21.6 Å². The first-order valence-electron chi connectivity index (χ1n) is 10.5. The third-order valence-corrected chi connectivity index (χ3v) is 5.35. The number of furan rings is 1. The van der Waals surface area contributed by atoms with Crippen LogP contribution in [0, 0.1) is 5.82 Å². The molecule has 0 saturated heterocycles. The number of halogens is 1. The molecule has 0 unspecified atom stereocenters. The van der Waals surface area contributed by atoms with Gasteiger partial charge in [0.05, 0.1) is 11.8 Å². The Labute approximate surface area is 190 Å². The van der Waals surface area contributed by atoms with Crippen molar-refractivity contribution in [2.75, 3.05) is 5.32 Å². The average molecular weight is 440 g/mol. The summed E-state index contributed by atoms with van der Waals surface area (Å²) in [6, 6.07) is 27.0. The zero-order valence-electron chi connectivity index (χ0n) is 17.7. The molecular formula is C27H21FN2O3. The molecule has 33 heavy (non-hydrogen) atoms. The number of nitrogens with one attached hydrogen (secondary N) is 1. The molecule has 0 radical (unpaired) electrons. The van der Waals surface area contributed by atoms with Gasteiger partial charge in [-0.15, -0.1) is 0 Å². The van der Waals surface area contributed by atoms with Crippen LogP contribution >= 0.6 is 0 Å². The van der Waals surface area contributed by atoms with Crippen molar-refractivity contribution < 1.29 is 18.3 Å². The Morgan fingerprint density at radius 2 is 1.70 bits per heavy atom. The summed E-state index contributed by atoms with van der Waals surface area (Å²) in [6.07, 6.45) is 1.57. The highest BCUT2D eigenvalue weighted by molar-refractivity contribution is 6.05. The summed E-state index contributed by atoms with van der Waals surface area (Å²) in [5.41, 5.74) is 4.27. The largest absolute Gasteiger partial charge is 0.489 e. The molecule has 5 aromatic rings. The number of nitrogens with zero attached hydrogens (tertiary/aromatic N) is 1. The van der Waals surface area contributed by atoms with Crippen LogP contribution in [0.25, 0.3) is 11.1 Å². The molecular weight excluding hydrogens is 419 g/mol. The second kappa shape index (κ2) is 9.04. The number of aromatic nitrogens is 1. The maximum atomic E-state index is 13.7. The number of carbonyl (C=O) groups is 1. The Morgan fingerprint density at radius 3 is 2.48 bits per heavy atom. The second-order valence-electron chi connectivity index (χ2n) is 7.67. The van der Waals surface area contributed by atoms with Gasteiger partial charge in [0.2, 0.25) is 0 Å². The standard InChI is InChI=1S/C27H21FN2O3/c28-21-8-4-7-20(15-21)17-30-24-13-14-32-26(24)16-25(30)27(31)29-22-9-11-23(12-10-22)33-18-19-5-2-1-3-6-19/h1-16H,17-18H2,(H,29,31). The van der Waals surface area contributed by atoms with E-state index in [0.29, 0.717) is 35.9 Å². The van der Waals surface area contributed by atoms with E-state index < -0.39 is 0 Å². The average Bonchev–Trinajstić information content (AvgIpc) is 3.42. The Kier molecular flexibility index (Phi) is 5.64. The Bertz CT molecular complexity index is 1390. The van der Waals surface area contributed by atoms with E-state index in [1.54, 1.807) is 36.6 Å². The first-order valence-corrected chi connectivity index (χ1v) is 10.5. The number of carbonyl (C=O) groups excluding carboxylic acids is 1. The summed E-state index contributed by atoms with van der Waals surface area (Å²) >= 11 is 0. The molecule has 0 aliphatic carbocycles. The minimum Gasteiger partial charge on any atom is -0.489 e. The molecule has 0 spiro atoms. The number of ether oxygens (including phenoxy) is 1. The SMILES string of the molecule is O=C(Nc1ccc(OCc2ccccc2)cc1)c1cc2occc2n1Cc1cccc(F)c1. The number of amides is 1. The van der Waals surface area contributed by atoms with Gasteiger partial charge in [-0.1, -0.05) is 42.5 Å². The van der Waals surface area contributed by atoms with Gasteiger partial charge in [0.1, 0.15) is 23.9 Å². The van der Waals surface area contributed by atoms with Crippen molar-refractivity contribution in [3.05, 3.63) is 120 Å². The number of anilines is 1. The number of fused-ring (bicyclic) bond motifs is 1. The smallest absolute Gasteiger partial charge is 0.272 e. The van der Waals surface area contributed by atoms with Gasteiger partial charge in [-0.25, -0.2) is 4.39 Å². The van der Waals surface area contributed by atoms with Gasteiger partial charge in [-0.05, 0) is 47.5 Å². The van der Waals surface area contributed by atoms with Crippen LogP contribution in [0.2, 0.25) is 0 Å². The van der Waals surface area contributed by atoms with Crippen LogP contribution in [0.3, 0.4) is 0 Å². The van der Waals surface area contributed by atoms with Gasteiger partial charge in [-0.2, -0.15) is 0 Å². The Hall–Kier alpha value is -4.32. The van der Waals surface area contributed by atoms with Crippen molar-refractivity contribution in [2.45, 2.75) is 13.2 Å². The lowest BCUT2D eigenvalue weighted by Crippen LogP contribution is -2.17. The molecule has 0 atom stereocenters. The highest BCUT2D eigenvalue weighted by Crippen LogP contribution is 2.24. The van der Waals surface area contributed by atoms with Crippen molar-refractivity contribution in [1.82, 2.24) is 4.57 Å². The van der Waals surface area contributed by atoms with Gasteiger partial charge >= 0.3 is 0 Å². The predicted molar refractivity (Wildman–Crippen MR) is 125 cm³/mol.